The lowest BCUT2D eigenvalue weighted by Crippen LogP contribution is -2.30. The van der Waals surface area contributed by atoms with Gasteiger partial charge in [-0.3, -0.25) is 4.79 Å². The fraction of sp³-hybridized carbons (Fsp3) is 0.200. The highest BCUT2D eigenvalue weighted by Crippen LogP contribution is 2.32. The number of rotatable bonds is 5. The van der Waals surface area contributed by atoms with Gasteiger partial charge < -0.3 is 10.0 Å². The molecule has 0 spiro atoms. The van der Waals surface area contributed by atoms with E-state index < -0.39 is 5.97 Å². The molecule has 1 aliphatic heterocycles. The van der Waals surface area contributed by atoms with Gasteiger partial charge in [0, 0.05) is 13.1 Å². The van der Waals surface area contributed by atoms with E-state index in [-0.39, 0.29) is 17.4 Å². The van der Waals surface area contributed by atoms with E-state index in [2.05, 4.69) is 0 Å². The van der Waals surface area contributed by atoms with Gasteiger partial charge in [-0.05, 0) is 46.4 Å². The lowest BCUT2D eigenvalue weighted by Gasteiger charge is -2.22. The van der Waals surface area contributed by atoms with E-state index in [1.54, 1.807) is 12.1 Å². The monoisotopic (exact) mass is 385 g/mol. The minimum absolute atomic E-state index is 0.141. The van der Waals surface area contributed by atoms with Gasteiger partial charge in [0.25, 0.3) is 0 Å². The van der Waals surface area contributed by atoms with Crippen LogP contribution in [0.5, 0.6) is 0 Å². The van der Waals surface area contributed by atoms with E-state index in [4.69, 9.17) is 0 Å². The lowest BCUT2D eigenvalue weighted by atomic mass is 9.95. The summed E-state index contributed by atoms with van der Waals surface area (Å²) in [6.07, 6.45) is 0.757. The van der Waals surface area contributed by atoms with Crippen LogP contribution in [0.1, 0.15) is 46.3 Å². The number of nitrogens with zero attached hydrogens (tertiary/aromatic N) is 1. The molecule has 4 rings (SSSR count). The van der Waals surface area contributed by atoms with E-state index in [1.165, 1.54) is 0 Å². The molecule has 1 aliphatic rings. The van der Waals surface area contributed by atoms with E-state index in [0.717, 1.165) is 28.7 Å². The highest BCUT2D eigenvalue weighted by atomic mass is 16.4. The van der Waals surface area contributed by atoms with Crippen molar-refractivity contribution in [3.05, 3.63) is 95.1 Å². The number of benzene rings is 3. The van der Waals surface area contributed by atoms with Crippen molar-refractivity contribution in [2.45, 2.75) is 32.4 Å². The molecule has 1 heterocycles. The summed E-state index contributed by atoms with van der Waals surface area (Å²) >= 11 is 0. The summed E-state index contributed by atoms with van der Waals surface area (Å²) in [4.78, 5) is 26.7. The van der Waals surface area contributed by atoms with Crippen molar-refractivity contribution in [2.75, 3.05) is 0 Å². The molecular formula is C25H23NO3. The van der Waals surface area contributed by atoms with E-state index in [1.807, 2.05) is 72.5 Å². The third-order valence-electron chi connectivity index (χ3n) is 5.62. The molecule has 0 bridgehead atoms. The van der Waals surface area contributed by atoms with Gasteiger partial charge in [0.1, 0.15) is 0 Å². The Kier molecular flexibility index (Phi) is 5.17. The average molecular weight is 385 g/mol. The van der Waals surface area contributed by atoms with Crippen molar-refractivity contribution in [1.29, 1.82) is 0 Å². The molecule has 29 heavy (non-hydrogen) atoms. The smallest absolute Gasteiger partial charge is 0.336 e. The molecule has 4 heteroatoms. The van der Waals surface area contributed by atoms with Crippen molar-refractivity contribution in [2.24, 2.45) is 0 Å². The number of hydrogen-bond donors (Lipinski definition) is 1. The van der Waals surface area contributed by atoms with Crippen LogP contribution in [-0.2, 0) is 17.9 Å². The number of carbonyl (C=O) groups excluding carboxylic acids is 1. The molecule has 3 aromatic carbocycles. The molecule has 0 saturated carbocycles. The molecule has 0 saturated heterocycles. The van der Waals surface area contributed by atoms with Crippen molar-refractivity contribution < 1.29 is 14.7 Å². The van der Waals surface area contributed by atoms with Gasteiger partial charge in [-0.1, -0.05) is 67.6 Å². The first kappa shape index (κ1) is 18.9. The number of fused-ring (bicyclic) bond motifs is 1. The fourth-order valence-corrected chi connectivity index (χ4v) is 4.10. The van der Waals surface area contributed by atoms with Gasteiger partial charge in [-0.15, -0.1) is 0 Å². The fourth-order valence-electron chi connectivity index (χ4n) is 4.10. The average Bonchev–Trinajstić information content (AvgIpc) is 3.18. The number of carboxylic acid groups (broad SMARTS) is 1. The van der Waals surface area contributed by atoms with E-state index >= 15 is 0 Å². The minimum Gasteiger partial charge on any atom is -0.478 e. The highest BCUT2D eigenvalue weighted by Gasteiger charge is 2.29. The third kappa shape index (κ3) is 3.66. The van der Waals surface area contributed by atoms with Gasteiger partial charge in [0.15, 0.2) is 0 Å². The van der Waals surface area contributed by atoms with Crippen LogP contribution in [0.4, 0.5) is 0 Å². The van der Waals surface area contributed by atoms with Crippen LogP contribution in [0.25, 0.3) is 11.1 Å². The second-order valence-electron chi connectivity index (χ2n) is 7.40. The first-order valence-electron chi connectivity index (χ1n) is 9.86. The van der Waals surface area contributed by atoms with Crippen LogP contribution in [0.3, 0.4) is 0 Å². The Morgan fingerprint density at radius 2 is 1.62 bits per heavy atom. The normalized spacial score (nSPS) is 13.8. The molecule has 1 amide bonds. The molecular weight excluding hydrogens is 362 g/mol. The summed E-state index contributed by atoms with van der Waals surface area (Å²) in [7, 11) is 0. The van der Waals surface area contributed by atoms with Gasteiger partial charge >= 0.3 is 5.97 Å². The number of carbonyl (C=O) groups is 2. The van der Waals surface area contributed by atoms with Crippen molar-refractivity contribution >= 4 is 11.9 Å². The molecule has 3 aromatic rings. The van der Waals surface area contributed by atoms with Crippen LogP contribution in [0.2, 0.25) is 0 Å². The molecule has 1 unspecified atom stereocenters. The maximum Gasteiger partial charge on any atom is 0.336 e. The van der Waals surface area contributed by atoms with Crippen molar-refractivity contribution in [3.63, 3.8) is 0 Å². The maximum atomic E-state index is 13.2. The summed E-state index contributed by atoms with van der Waals surface area (Å²) in [5.41, 5.74) is 5.10. The molecule has 0 radical (unpaired) electrons. The standard InChI is InChI=1S/C25H23NO3/c1-2-21(17-8-4-3-5-9-17)24(27)26-15-19-13-12-18(14-20(19)16-26)22-10-6-7-11-23(22)25(28)29/h3-14,21H,2,15-16H2,1H3,(H,28,29). The zero-order chi connectivity index (χ0) is 20.4. The number of carboxylic acids is 1. The summed E-state index contributed by atoms with van der Waals surface area (Å²) in [5, 5.41) is 9.48. The Hall–Kier alpha value is -3.40. The Morgan fingerprint density at radius 1 is 0.931 bits per heavy atom. The molecule has 4 nitrogen and oxygen atoms in total. The third-order valence-corrected chi connectivity index (χ3v) is 5.62. The van der Waals surface area contributed by atoms with Crippen molar-refractivity contribution in [1.82, 2.24) is 4.90 Å². The first-order valence-corrected chi connectivity index (χ1v) is 9.86. The summed E-state index contributed by atoms with van der Waals surface area (Å²) in [6, 6.07) is 22.9. The molecule has 146 valence electrons. The Bertz CT molecular complexity index is 1060. The van der Waals surface area contributed by atoms with Gasteiger partial charge in [-0.25, -0.2) is 4.79 Å². The SMILES string of the molecule is CCC(C(=O)N1Cc2ccc(-c3ccccc3C(=O)O)cc2C1)c1ccccc1. The zero-order valence-electron chi connectivity index (χ0n) is 16.3. The van der Waals surface area contributed by atoms with Crippen LogP contribution in [0, 0.1) is 0 Å². The topological polar surface area (TPSA) is 57.6 Å². The van der Waals surface area contributed by atoms with Crippen LogP contribution in [0.15, 0.2) is 72.8 Å². The Morgan fingerprint density at radius 3 is 2.34 bits per heavy atom. The molecule has 0 aliphatic carbocycles. The Labute approximate surface area is 170 Å². The Balaban J connectivity index is 1.59. The van der Waals surface area contributed by atoms with Gasteiger partial charge in [-0.2, -0.15) is 0 Å². The van der Waals surface area contributed by atoms with Gasteiger partial charge in [0.2, 0.25) is 5.91 Å². The number of hydrogen-bond acceptors (Lipinski definition) is 2. The highest BCUT2D eigenvalue weighted by molar-refractivity contribution is 5.96. The first-order chi connectivity index (χ1) is 14.1. The molecule has 0 aromatic heterocycles. The molecule has 0 fully saturated rings. The summed E-state index contributed by atoms with van der Waals surface area (Å²) < 4.78 is 0. The quantitative estimate of drug-likeness (QED) is 0.666. The van der Waals surface area contributed by atoms with Gasteiger partial charge in [0.05, 0.1) is 11.5 Å². The predicted molar refractivity (Wildman–Crippen MR) is 113 cm³/mol. The maximum absolute atomic E-state index is 13.2. The largest absolute Gasteiger partial charge is 0.478 e. The predicted octanol–water partition coefficient (Wildman–Crippen LogP) is 5.09. The van der Waals surface area contributed by atoms with E-state index in [0.29, 0.717) is 18.7 Å². The number of aromatic carboxylic acids is 1. The summed E-state index contributed by atoms with van der Waals surface area (Å²) in [5.74, 6) is -0.938. The molecule has 1 N–H and O–H groups in total. The van der Waals surface area contributed by atoms with E-state index in [9.17, 15) is 14.7 Å². The zero-order valence-corrected chi connectivity index (χ0v) is 16.3. The number of amides is 1. The van der Waals surface area contributed by atoms with Crippen LogP contribution < -0.4 is 0 Å². The summed E-state index contributed by atoms with van der Waals surface area (Å²) in [6.45, 7) is 3.19. The van der Waals surface area contributed by atoms with Crippen LogP contribution >= 0.6 is 0 Å². The van der Waals surface area contributed by atoms with Crippen LogP contribution in [-0.4, -0.2) is 21.9 Å². The van der Waals surface area contributed by atoms with Crippen molar-refractivity contribution in [3.8, 4) is 11.1 Å². The molecule has 1 atom stereocenters. The minimum atomic E-state index is -0.938. The second kappa shape index (κ2) is 7.92. The second-order valence-corrected chi connectivity index (χ2v) is 7.40. The lowest BCUT2D eigenvalue weighted by molar-refractivity contribution is -0.133.